The second-order valence-electron chi connectivity index (χ2n) is 6.80. The normalized spacial score (nSPS) is 16.6. The molecule has 2 aliphatic carbocycles. The predicted molar refractivity (Wildman–Crippen MR) is 98.6 cm³/mol. The molecule has 0 saturated heterocycles. The summed E-state index contributed by atoms with van der Waals surface area (Å²) in [5.41, 5.74) is 14.9. The third-order valence-electron chi connectivity index (χ3n) is 5.01. The molecule has 4 N–H and O–H groups in total. The molecule has 0 aromatic heterocycles. The molecule has 0 spiro atoms. The lowest BCUT2D eigenvalue weighted by molar-refractivity contribution is -0.122. The van der Waals surface area contributed by atoms with Crippen LogP contribution < -0.4 is 11.5 Å². The topological polar surface area (TPSA) is 69.1 Å². The van der Waals surface area contributed by atoms with E-state index in [-0.39, 0.29) is 5.91 Å². The first-order valence-corrected chi connectivity index (χ1v) is 8.86. The number of unbranched alkanes of at least 4 members (excludes halogenated alkanes) is 1. The van der Waals surface area contributed by atoms with Crippen LogP contribution in [0.5, 0.6) is 0 Å². The average molecular weight is 322 g/mol. The summed E-state index contributed by atoms with van der Waals surface area (Å²) >= 11 is 0. The number of rotatable bonds is 4. The molecule has 0 heterocycles. The Balaban J connectivity index is 0.000000370. The van der Waals surface area contributed by atoms with Crippen molar-refractivity contribution in [3.05, 3.63) is 59.7 Å². The van der Waals surface area contributed by atoms with Crippen molar-refractivity contribution in [2.45, 2.75) is 50.5 Å². The SMILES string of the molecule is CCCCC1(C(N)=O)c2ccccc2-c2ccccc21.NC1CC1. The minimum absolute atomic E-state index is 0.233. The van der Waals surface area contributed by atoms with Crippen LogP contribution in [-0.4, -0.2) is 11.9 Å². The number of primary amides is 1. The summed E-state index contributed by atoms with van der Waals surface area (Å²) in [5.74, 6) is -0.233. The molecular weight excluding hydrogens is 296 g/mol. The van der Waals surface area contributed by atoms with Gasteiger partial charge in [0.1, 0.15) is 0 Å². The smallest absolute Gasteiger partial charge is 0.232 e. The summed E-state index contributed by atoms with van der Waals surface area (Å²) in [6.45, 7) is 2.14. The zero-order valence-electron chi connectivity index (χ0n) is 14.3. The van der Waals surface area contributed by atoms with E-state index in [9.17, 15) is 4.79 Å². The molecule has 1 amide bonds. The lowest BCUT2D eigenvalue weighted by atomic mass is 9.73. The molecule has 1 fully saturated rings. The van der Waals surface area contributed by atoms with Crippen LogP contribution in [0.2, 0.25) is 0 Å². The molecule has 3 heteroatoms. The maximum absolute atomic E-state index is 12.4. The number of hydrogen-bond donors (Lipinski definition) is 2. The number of hydrogen-bond acceptors (Lipinski definition) is 2. The van der Waals surface area contributed by atoms with Crippen molar-refractivity contribution in [1.82, 2.24) is 0 Å². The molecule has 2 aromatic carbocycles. The standard InChI is InChI=1S/C18H19NO.C3H7N/c1-2-3-12-18(17(19)20)15-10-6-4-8-13(15)14-9-5-7-11-16(14)18;4-3-1-2-3/h4-11H,2-3,12H2,1H3,(H2,19,20);3H,1-2,4H2. The highest BCUT2D eigenvalue weighted by Gasteiger charge is 2.46. The molecule has 3 nitrogen and oxygen atoms in total. The predicted octanol–water partition coefficient (Wildman–Crippen LogP) is 3.74. The fourth-order valence-corrected chi connectivity index (χ4v) is 3.52. The third-order valence-corrected chi connectivity index (χ3v) is 5.01. The van der Waals surface area contributed by atoms with Gasteiger partial charge in [0.05, 0.1) is 5.41 Å². The van der Waals surface area contributed by atoms with Gasteiger partial charge in [0, 0.05) is 6.04 Å². The van der Waals surface area contributed by atoms with Crippen LogP contribution in [0.25, 0.3) is 11.1 Å². The van der Waals surface area contributed by atoms with E-state index in [1.165, 1.54) is 12.8 Å². The minimum atomic E-state index is -0.650. The van der Waals surface area contributed by atoms with E-state index in [0.717, 1.165) is 41.5 Å². The summed E-state index contributed by atoms with van der Waals surface area (Å²) < 4.78 is 0. The van der Waals surface area contributed by atoms with Crippen LogP contribution in [0.15, 0.2) is 48.5 Å². The Bertz CT molecular complexity index is 689. The molecule has 0 unspecified atom stereocenters. The molecule has 4 rings (SSSR count). The van der Waals surface area contributed by atoms with Crippen molar-refractivity contribution in [2.24, 2.45) is 11.5 Å². The number of benzene rings is 2. The summed E-state index contributed by atoms with van der Waals surface area (Å²) in [5, 5.41) is 0. The molecule has 0 radical (unpaired) electrons. The van der Waals surface area contributed by atoms with Crippen LogP contribution in [0.3, 0.4) is 0 Å². The molecule has 0 bridgehead atoms. The summed E-state index contributed by atoms with van der Waals surface area (Å²) in [6, 6.07) is 16.9. The Kier molecular flexibility index (Phi) is 4.72. The highest BCUT2D eigenvalue weighted by Crippen LogP contribution is 2.51. The molecule has 126 valence electrons. The summed E-state index contributed by atoms with van der Waals surface area (Å²) in [4.78, 5) is 12.4. The number of nitrogens with two attached hydrogens (primary N) is 2. The van der Waals surface area contributed by atoms with Crippen LogP contribution in [0.1, 0.15) is 50.2 Å². The maximum Gasteiger partial charge on any atom is 0.232 e. The largest absolute Gasteiger partial charge is 0.369 e. The fraction of sp³-hybridized carbons (Fsp3) is 0.381. The summed E-state index contributed by atoms with van der Waals surface area (Å²) in [7, 11) is 0. The molecule has 1 saturated carbocycles. The second-order valence-corrected chi connectivity index (χ2v) is 6.80. The van der Waals surface area contributed by atoms with Gasteiger partial charge in [0.2, 0.25) is 5.91 Å². The van der Waals surface area contributed by atoms with E-state index in [4.69, 9.17) is 11.5 Å². The second kappa shape index (κ2) is 6.78. The highest BCUT2D eigenvalue weighted by atomic mass is 16.1. The Labute approximate surface area is 144 Å². The molecule has 0 aliphatic heterocycles. The van der Waals surface area contributed by atoms with Crippen LogP contribution >= 0.6 is 0 Å². The van der Waals surface area contributed by atoms with Gasteiger partial charge in [0.25, 0.3) is 0 Å². The molecule has 24 heavy (non-hydrogen) atoms. The van der Waals surface area contributed by atoms with E-state index < -0.39 is 5.41 Å². The van der Waals surface area contributed by atoms with E-state index in [1.807, 2.05) is 24.3 Å². The van der Waals surface area contributed by atoms with Gasteiger partial charge in [0.15, 0.2) is 0 Å². The lowest BCUT2D eigenvalue weighted by Gasteiger charge is -2.28. The number of fused-ring (bicyclic) bond motifs is 3. The Morgan fingerprint density at radius 3 is 1.88 bits per heavy atom. The van der Waals surface area contributed by atoms with Crippen LogP contribution in [0.4, 0.5) is 0 Å². The first-order valence-electron chi connectivity index (χ1n) is 8.86. The highest BCUT2D eigenvalue weighted by molar-refractivity contribution is 5.99. The average Bonchev–Trinajstić information content (AvgIpc) is 3.33. The minimum Gasteiger partial charge on any atom is -0.369 e. The monoisotopic (exact) mass is 322 g/mol. The Hall–Kier alpha value is -2.13. The van der Waals surface area contributed by atoms with Crippen molar-refractivity contribution in [3.8, 4) is 11.1 Å². The van der Waals surface area contributed by atoms with Gasteiger partial charge in [-0.1, -0.05) is 68.3 Å². The Morgan fingerprint density at radius 2 is 1.50 bits per heavy atom. The van der Waals surface area contributed by atoms with Crippen LogP contribution in [-0.2, 0) is 10.2 Å². The molecule has 2 aliphatic rings. The fourth-order valence-electron chi connectivity index (χ4n) is 3.52. The van der Waals surface area contributed by atoms with Gasteiger partial charge < -0.3 is 11.5 Å². The van der Waals surface area contributed by atoms with Crippen molar-refractivity contribution in [3.63, 3.8) is 0 Å². The lowest BCUT2D eigenvalue weighted by Crippen LogP contribution is -2.40. The van der Waals surface area contributed by atoms with Gasteiger partial charge >= 0.3 is 0 Å². The van der Waals surface area contributed by atoms with Gasteiger partial charge in [-0.2, -0.15) is 0 Å². The first-order chi connectivity index (χ1) is 11.6. The van der Waals surface area contributed by atoms with Gasteiger partial charge in [-0.15, -0.1) is 0 Å². The van der Waals surface area contributed by atoms with Gasteiger partial charge in [-0.05, 0) is 41.5 Å². The zero-order chi connectivity index (χ0) is 17.2. The first kappa shape index (κ1) is 16.7. The number of carbonyl (C=O) groups is 1. The molecular formula is C21H26N2O. The maximum atomic E-state index is 12.4. The van der Waals surface area contributed by atoms with Crippen LogP contribution in [0, 0.1) is 0 Å². The summed E-state index contributed by atoms with van der Waals surface area (Å²) in [6.07, 6.45) is 5.36. The van der Waals surface area contributed by atoms with Crippen molar-refractivity contribution < 1.29 is 4.79 Å². The zero-order valence-corrected chi connectivity index (χ0v) is 14.3. The third kappa shape index (κ3) is 2.84. The van der Waals surface area contributed by atoms with Crippen molar-refractivity contribution in [2.75, 3.05) is 0 Å². The number of amides is 1. The molecule has 2 aromatic rings. The Morgan fingerprint density at radius 1 is 1.04 bits per heavy atom. The van der Waals surface area contributed by atoms with Crippen molar-refractivity contribution >= 4 is 5.91 Å². The van der Waals surface area contributed by atoms with E-state index in [1.54, 1.807) is 0 Å². The molecule has 0 atom stereocenters. The van der Waals surface area contributed by atoms with E-state index in [0.29, 0.717) is 6.04 Å². The van der Waals surface area contributed by atoms with Crippen molar-refractivity contribution in [1.29, 1.82) is 0 Å². The van der Waals surface area contributed by atoms with Gasteiger partial charge in [-0.3, -0.25) is 4.79 Å². The quantitative estimate of drug-likeness (QED) is 0.900. The number of carbonyl (C=O) groups excluding carboxylic acids is 1. The van der Waals surface area contributed by atoms with E-state index in [2.05, 4.69) is 31.2 Å². The van der Waals surface area contributed by atoms with Gasteiger partial charge in [-0.25, -0.2) is 0 Å². The van der Waals surface area contributed by atoms with E-state index >= 15 is 0 Å².